The van der Waals surface area contributed by atoms with E-state index < -0.39 is 0 Å². The highest BCUT2D eigenvalue weighted by atomic mass is 32.2. The summed E-state index contributed by atoms with van der Waals surface area (Å²) in [7, 11) is 1.82. The van der Waals surface area contributed by atoms with Gasteiger partial charge in [0.25, 0.3) is 0 Å². The number of rotatable bonds is 4. The maximum Gasteiger partial charge on any atom is 0.237 e. The molecule has 7 heteroatoms. The minimum atomic E-state index is -0.343. The Balaban J connectivity index is 2.05. The molecule has 0 unspecified atom stereocenters. The van der Waals surface area contributed by atoms with E-state index in [-0.39, 0.29) is 11.2 Å². The largest absolute Gasteiger partial charge is 0.324 e. The van der Waals surface area contributed by atoms with Crippen molar-refractivity contribution in [1.82, 2.24) is 14.8 Å². The molecule has 0 aliphatic carbocycles. The molecule has 1 amide bonds. The van der Waals surface area contributed by atoms with E-state index in [1.165, 1.54) is 11.8 Å². The number of nitrogens with one attached hydrogen (secondary N) is 1. The van der Waals surface area contributed by atoms with Crippen LogP contribution >= 0.6 is 11.8 Å². The summed E-state index contributed by atoms with van der Waals surface area (Å²) in [5.74, 6) is -0.180. The second-order valence-corrected chi connectivity index (χ2v) is 5.44. The number of thioether (sulfide) groups is 1. The Kier molecular flexibility index (Phi) is 4.38. The van der Waals surface area contributed by atoms with Crippen molar-refractivity contribution in [2.45, 2.75) is 17.3 Å². The Morgan fingerprint density at radius 3 is 2.90 bits per heavy atom. The van der Waals surface area contributed by atoms with Crippen molar-refractivity contribution in [1.29, 1.82) is 5.26 Å². The molecule has 0 bridgehead atoms. The molecular weight excluding hydrogens is 274 g/mol. The number of hydrogen-bond donors (Lipinski definition) is 1. The van der Waals surface area contributed by atoms with Gasteiger partial charge in [-0.05, 0) is 19.1 Å². The van der Waals surface area contributed by atoms with Gasteiger partial charge in [0, 0.05) is 7.05 Å². The van der Waals surface area contributed by atoms with E-state index in [1.807, 2.05) is 13.1 Å². The number of hydrogen-bond acceptors (Lipinski definition) is 5. The lowest BCUT2D eigenvalue weighted by Crippen LogP contribution is -2.23. The zero-order chi connectivity index (χ0) is 14.5. The normalized spacial score (nSPS) is 11.7. The van der Waals surface area contributed by atoms with Gasteiger partial charge in [0.2, 0.25) is 5.91 Å². The number of para-hydroxylation sites is 1. The van der Waals surface area contributed by atoms with Crippen molar-refractivity contribution in [2.24, 2.45) is 7.05 Å². The molecule has 2 rings (SSSR count). The molecule has 0 spiro atoms. The van der Waals surface area contributed by atoms with Gasteiger partial charge in [0.05, 0.1) is 16.5 Å². The quantitative estimate of drug-likeness (QED) is 0.867. The van der Waals surface area contributed by atoms with Crippen molar-refractivity contribution in [2.75, 3.05) is 5.32 Å². The fourth-order valence-corrected chi connectivity index (χ4v) is 2.30. The summed E-state index contributed by atoms with van der Waals surface area (Å²) in [4.78, 5) is 12.1. The number of carbonyl (C=O) groups excluding carboxylic acids is 1. The minimum Gasteiger partial charge on any atom is -0.324 e. The van der Waals surface area contributed by atoms with Crippen LogP contribution in [0.5, 0.6) is 0 Å². The predicted molar refractivity (Wildman–Crippen MR) is 76.1 cm³/mol. The van der Waals surface area contributed by atoms with Crippen LogP contribution in [0.3, 0.4) is 0 Å². The van der Waals surface area contributed by atoms with Crippen LogP contribution < -0.4 is 5.32 Å². The van der Waals surface area contributed by atoms with Crippen LogP contribution in [0, 0.1) is 11.3 Å². The fraction of sp³-hybridized carbons (Fsp3) is 0.231. The number of anilines is 1. The average Bonchev–Trinajstić information content (AvgIpc) is 2.84. The van der Waals surface area contributed by atoms with Gasteiger partial charge >= 0.3 is 0 Å². The first-order valence-corrected chi connectivity index (χ1v) is 6.80. The van der Waals surface area contributed by atoms with Gasteiger partial charge in [-0.2, -0.15) is 5.26 Å². The van der Waals surface area contributed by atoms with Gasteiger partial charge in [0.1, 0.15) is 12.4 Å². The summed E-state index contributed by atoms with van der Waals surface area (Å²) in [5, 5.41) is 19.7. The molecule has 0 fully saturated rings. The van der Waals surface area contributed by atoms with E-state index in [2.05, 4.69) is 15.5 Å². The molecular formula is C13H13N5OS. The van der Waals surface area contributed by atoms with E-state index in [4.69, 9.17) is 5.26 Å². The Hall–Kier alpha value is -2.33. The number of aromatic nitrogens is 3. The molecule has 0 aliphatic rings. The van der Waals surface area contributed by atoms with Crippen molar-refractivity contribution in [3.05, 3.63) is 36.2 Å². The van der Waals surface area contributed by atoms with E-state index in [0.29, 0.717) is 16.4 Å². The zero-order valence-electron chi connectivity index (χ0n) is 11.1. The summed E-state index contributed by atoms with van der Waals surface area (Å²) in [6.07, 6.45) is 1.58. The van der Waals surface area contributed by atoms with Crippen molar-refractivity contribution < 1.29 is 4.79 Å². The fourth-order valence-electron chi connectivity index (χ4n) is 1.51. The summed E-state index contributed by atoms with van der Waals surface area (Å²) in [5.41, 5.74) is 0.960. The maximum absolute atomic E-state index is 12.1. The number of nitrogens with zero attached hydrogens (tertiary/aromatic N) is 4. The minimum absolute atomic E-state index is 0.180. The molecule has 1 heterocycles. The van der Waals surface area contributed by atoms with Gasteiger partial charge in [-0.15, -0.1) is 10.2 Å². The molecule has 1 N–H and O–H groups in total. The van der Waals surface area contributed by atoms with Crippen molar-refractivity contribution in [3.63, 3.8) is 0 Å². The summed E-state index contributed by atoms with van der Waals surface area (Å²) in [6, 6.07) is 8.94. The number of amides is 1. The van der Waals surface area contributed by atoms with Crippen LogP contribution in [0.4, 0.5) is 5.69 Å². The third-order valence-electron chi connectivity index (χ3n) is 2.63. The Morgan fingerprint density at radius 2 is 2.25 bits per heavy atom. The summed E-state index contributed by atoms with van der Waals surface area (Å²) < 4.78 is 1.75. The molecule has 102 valence electrons. The van der Waals surface area contributed by atoms with Crippen molar-refractivity contribution in [3.8, 4) is 6.07 Å². The zero-order valence-corrected chi connectivity index (χ0v) is 11.9. The topological polar surface area (TPSA) is 83.6 Å². The second-order valence-electron chi connectivity index (χ2n) is 4.13. The molecule has 2 aromatic rings. The lowest BCUT2D eigenvalue weighted by Gasteiger charge is -2.12. The number of aryl methyl sites for hydroxylation is 1. The highest BCUT2D eigenvalue weighted by Crippen LogP contribution is 2.22. The molecule has 6 nitrogen and oxygen atoms in total. The van der Waals surface area contributed by atoms with Gasteiger partial charge in [-0.25, -0.2) is 0 Å². The predicted octanol–water partition coefficient (Wildman–Crippen LogP) is 1.81. The highest BCUT2D eigenvalue weighted by Gasteiger charge is 2.18. The van der Waals surface area contributed by atoms with Gasteiger partial charge in [-0.3, -0.25) is 4.79 Å². The van der Waals surface area contributed by atoms with Gasteiger partial charge in [0.15, 0.2) is 5.16 Å². The highest BCUT2D eigenvalue weighted by molar-refractivity contribution is 8.00. The SMILES string of the molecule is C[C@@H](Sc1nncn1C)C(=O)Nc1ccccc1C#N. The van der Waals surface area contributed by atoms with Crippen LogP contribution in [-0.4, -0.2) is 25.9 Å². The van der Waals surface area contributed by atoms with Crippen LogP contribution in [0.1, 0.15) is 12.5 Å². The molecule has 0 radical (unpaired) electrons. The third-order valence-corrected chi connectivity index (χ3v) is 3.77. The van der Waals surface area contributed by atoms with Crippen LogP contribution in [-0.2, 0) is 11.8 Å². The average molecular weight is 287 g/mol. The monoisotopic (exact) mass is 287 g/mol. The van der Waals surface area contributed by atoms with Crippen LogP contribution in [0.2, 0.25) is 0 Å². The molecule has 1 atom stereocenters. The standard InChI is InChI=1S/C13H13N5OS/c1-9(20-13-17-15-8-18(13)2)12(19)16-11-6-4-3-5-10(11)7-14/h3-6,8-9H,1-2H3,(H,16,19)/t9-/m1/s1. The van der Waals surface area contributed by atoms with Crippen LogP contribution in [0.15, 0.2) is 35.7 Å². The van der Waals surface area contributed by atoms with E-state index in [9.17, 15) is 4.79 Å². The maximum atomic E-state index is 12.1. The first-order chi connectivity index (χ1) is 9.61. The van der Waals surface area contributed by atoms with E-state index >= 15 is 0 Å². The Bertz CT molecular complexity index is 661. The molecule has 0 aliphatic heterocycles. The first kappa shape index (κ1) is 14.1. The molecule has 1 aromatic heterocycles. The molecule has 1 aromatic carbocycles. The Morgan fingerprint density at radius 1 is 1.50 bits per heavy atom. The van der Waals surface area contributed by atoms with E-state index in [1.54, 1.807) is 42.1 Å². The molecule has 0 saturated carbocycles. The number of benzene rings is 1. The lowest BCUT2D eigenvalue weighted by atomic mass is 10.2. The van der Waals surface area contributed by atoms with Crippen LogP contribution in [0.25, 0.3) is 0 Å². The van der Waals surface area contributed by atoms with Crippen molar-refractivity contribution >= 4 is 23.4 Å². The summed E-state index contributed by atoms with van der Waals surface area (Å²) >= 11 is 1.31. The first-order valence-electron chi connectivity index (χ1n) is 5.92. The van der Waals surface area contributed by atoms with Gasteiger partial charge < -0.3 is 9.88 Å². The second kappa shape index (κ2) is 6.21. The summed E-state index contributed by atoms with van der Waals surface area (Å²) in [6.45, 7) is 1.78. The number of carbonyl (C=O) groups is 1. The lowest BCUT2D eigenvalue weighted by molar-refractivity contribution is -0.115. The smallest absolute Gasteiger partial charge is 0.237 e. The number of nitriles is 1. The molecule has 20 heavy (non-hydrogen) atoms. The Labute approximate surface area is 120 Å². The van der Waals surface area contributed by atoms with E-state index in [0.717, 1.165) is 0 Å². The molecule has 0 saturated heterocycles. The van der Waals surface area contributed by atoms with Gasteiger partial charge in [-0.1, -0.05) is 23.9 Å². The third kappa shape index (κ3) is 3.16.